The molecule has 1 heterocycles. The van der Waals surface area contributed by atoms with Crippen LogP contribution in [0.3, 0.4) is 0 Å². The van der Waals surface area contributed by atoms with E-state index < -0.39 is 40.7 Å². The number of hydrogen-bond acceptors (Lipinski definition) is 2. The molecule has 2 rings (SSSR count). The molecule has 1 unspecified atom stereocenters. The normalized spacial score (nSPS) is 12.7. The van der Waals surface area contributed by atoms with Crippen molar-refractivity contribution in [2.45, 2.75) is 6.04 Å². The number of thiophene rings is 1. The monoisotopic (exact) mass is 293 g/mol. The highest BCUT2D eigenvalue weighted by Crippen LogP contribution is 2.32. The maximum Gasteiger partial charge on any atom is 0.200 e. The Balaban J connectivity index is 2.68. The van der Waals surface area contributed by atoms with E-state index >= 15 is 0 Å². The predicted molar refractivity (Wildman–Crippen MR) is 61.5 cm³/mol. The summed E-state index contributed by atoms with van der Waals surface area (Å²) >= 11 is 1.15. The summed E-state index contributed by atoms with van der Waals surface area (Å²) in [6, 6.07) is 2.07. The smallest absolute Gasteiger partial charge is 0.200 e. The van der Waals surface area contributed by atoms with Gasteiger partial charge in [0.1, 0.15) is 0 Å². The third-order valence-corrected chi connectivity index (χ3v) is 3.59. The van der Waals surface area contributed by atoms with Gasteiger partial charge < -0.3 is 5.32 Å². The maximum absolute atomic E-state index is 13.7. The van der Waals surface area contributed by atoms with Crippen LogP contribution in [-0.4, -0.2) is 7.05 Å². The Hall–Kier alpha value is -1.47. The Labute approximate surface area is 109 Å². The summed E-state index contributed by atoms with van der Waals surface area (Å²) in [5, 5.41) is 4.20. The largest absolute Gasteiger partial charge is 0.308 e. The van der Waals surface area contributed by atoms with Crippen LogP contribution in [0.1, 0.15) is 16.5 Å². The van der Waals surface area contributed by atoms with E-state index in [0.717, 1.165) is 11.3 Å². The van der Waals surface area contributed by atoms with Crippen LogP contribution in [0.5, 0.6) is 0 Å². The van der Waals surface area contributed by atoms with Crippen molar-refractivity contribution in [1.82, 2.24) is 5.32 Å². The number of halogens is 5. The Morgan fingerprint density at radius 3 is 1.89 bits per heavy atom. The molecule has 0 radical (unpaired) electrons. The van der Waals surface area contributed by atoms with Gasteiger partial charge in [0.05, 0.1) is 11.6 Å². The molecule has 0 saturated carbocycles. The molecule has 0 aliphatic carbocycles. The lowest BCUT2D eigenvalue weighted by Gasteiger charge is -2.17. The van der Waals surface area contributed by atoms with E-state index in [1.54, 1.807) is 17.5 Å². The number of rotatable bonds is 3. The molecule has 0 fully saturated rings. The Bertz CT molecular complexity index is 568. The molecule has 1 aromatic carbocycles. The molecule has 0 aliphatic heterocycles. The lowest BCUT2D eigenvalue weighted by Crippen LogP contribution is -2.21. The molecule has 1 N–H and O–H groups in total. The van der Waals surface area contributed by atoms with Crippen LogP contribution < -0.4 is 5.32 Å². The minimum absolute atomic E-state index is 0.450. The van der Waals surface area contributed by atoms with Crippen LogP contribution in [0.2, 0.25) is 0 Å². The topological polar surface area (TPSA) is 12.0 Å². The highest BCUT2D eigenvalue weighted by atomic mass is 32.1. The van der Waals surface area contributed by atoms with Crippen LogP contribution in [-0.2, 0) is 0 Å². The lowest BCUT2D eigenvalue weighted by atomic mass is 10.0. The number of hydrogen-bond donors (Lipinski definition) is 1. The van der Waals surface area contributed by atoms with E-state index in [4.69, 9.17) is 0 Å². The molecular formula is C12H8F5NS. The highest BCUT2D eigenvalue weighted by molar-refractivity contribution is 7.10. The van der Waals surface area contributed by atoms with Crippen molar-refractivity contribution in [3.05, 3.63) is 57.0 Å². The summed E-state index contributed by atoms with van der Waals surface area (Å²) in [5.41, 5.74) is -0.874. The minimum Gasteiger partial charge on any atom is -0.308 e. The molecule has 0 aliphatic rings. The van der Waals surface area contributed by atoms with Crippen molar-refractivity contribution >= 4 is 11.3 Å². The first-order valence-corrected chi connectivity index (χ1v) is 6.09. The molecule has 0 spiro atoms. The first kappa shape index (κ1) is 14.0. The molecule has 7 heteroatoms. The predicted octanol–water partition coefficient (Wildman–Crippen LogP) is 3.75. The zero-order valence-corrected chi connectivity index (χ0v) is 10.4. The second-order valence-corrected chi connectivity index (χ2v) is 4.70. The fourth-order valence-electron chi connectivity index (χ4n) is 1.76. The third kappa shape index (κ3) is 2.23. The molecule has 1 nitrogen and oxygen atoms in total. The Morgan fingerprint density at radius 1 is 0.947 bits per heavy atom. The minimum atomic E-state index is -2.15. The summed E-state index contributed by atoms with van der Waals surface area (Å²) in [6.07, 6.45) is 0. The van der Waals surface area contributed by atoms with Crippen LogP contribution in [0.15, 0.2) is 17.5 Å². The number of benzene rings is 1. The molecule has 2 aromatic rings. The van der Waals surface area contributed by atoms with E-state index in [2.05, 4.69) is 5.32 Å². The average Bonchev–Trinajstić information content (AvgIpc) is 2.93. The Morgan fingerprint density at radius 2 is 1.47 bits per heavy atom. The molecule has 1 atom stereocenters. The Kier molecular flexibility index (Phi) is 3.86. The fourth-order valence-corrected chi connectivity index (χ4v) is 2.60. The summed E-state index contributed by atoms with van der Waals surface area (Å²) < 4.78 is 66.6. The van der Waals surface area contributed by atoms with Crippen molar-refractivity contribution in [3.8, 4) is 0 Å². The summed E-state index contributed by atoms with van der Waals surface area (Å²) in [5.74, 6) is -9.66. The SMILES string of the molecule is CNC(c1cccs1)c1c(F)c(F)c(F)c(F)c1F. The second kappa shape index (κ2) is 5.26. The van der Waals surface area contributed by atoms with Gasteiger partial charge in [-0.3, -0.25) is 0 Å². The zero-order valence-electron chi connectivity index (χ0n) is 9.61. The van der Waals surface area contributed by atoms with Gasteiger partial charge in [-0.1, -0.05) is 6.07 Å². The highest BCUT2D eigenvalue weighted by Gasteiger charge is 2.30. The van der Waals surface area contributed by atoms with Gasteiger partial charge in [0.25, 0.3) is 0 Å². The molecular weight excluding hydrogens is 285 g/mol. The summed E-state index contributed by atoms with van der Waals surface area (Å²) in [6.45, 7) is 0. The van der Waals surface area contributed by atoms with E-state index in [9.17, 15) is 22.0 Å². The zero-order chi connectivity index (χ0) is 14.2. The number of nitrogens with one attached hydrogen (secondary N) is 1. The maximum atomic E-state index is 13.7. The summed E-state index contributed by atoms with van der Waals surface area (Å²) in [4.78, 5) is 0.450. The fraction of sp³-hybridized carbons (Fsp3) is 0.167. The molecule has 0 amide bonds. The first-order valence-electron chi connectivity index (χ1n) is 5.21. The van der Waals surface area contributed by atoms with Crippen molar-refractivity contribution in [3.63, 3.8) is 0 Å². The van der Waals surface area contributed by atoms with Gasteiger partial charge >= 0.3 is 0 Å². The third-order valence-electron chi connectivity index (χ3n) is 2.65. The van der Waals surface area contributed by atoms with Crippen molar-refractivity contribution in [2.75, 3.05) is 7.05 Å². The van der Waals surface area contributed by atoms with E-state index in [0.29, 0.717) is 4.88 Å². The van der Waals surface area contributed by atoms with Gasteiger partial charge in [-0.15, -0.1) is 11.3 Å². The second-order valence-electron chi connectivity index (χ2n) is 3.72. The lowest BCUT2D eigenvalue weighted by molar-refractivity contribution is 0.364. The van der Waals surface area contributed by atoms with Crippen molar-refractivity contribution in [2.24, 2.45) is 0 Å². The van der Waals surface area contributed by atoms with Gasteiger partial charge in [-0.25, -0.2) is 22.0 Å². The van der Waals surface area contributed by atoms with Crippen molar-refractivity contribution in [1.29, 1.82) is 0 Å². The van der Waals surface area contributed by atoms with Gasteiger partial charge in [0, 0.05) is 4.88 Å². The van der Waals surface area contributed by atoms with Crippen molar-refractivity contribution < 1.29 is 22.0 Å². The van der Waals surface area contributed by atoms with E-state index in [1.165, 1.54) is 7.05 Å². The van der Waals surface area contributed by atoms with Gasteiger partial charge in [-0.05, 0) is 18.5 Å². The van der Waals surface area contributed by atoms with Crippen LogP contribution in [0, 0.1) is 29.1 Å². The molecule has 0 bridgehead atoms. The molecule has 0 saturated heterocycles. The van der Waals surface area contributed by atoms with Crippen LogP contribution >= 0.6 is 11.3 Å². The van der Waals surface area contributed by atoms with Crippen LogP contribution in [0.25, 0.3) is 0 Å². The van der Waals surface area contributed by atoms with E-state index in [-0.39, 0.29) is 0 Å². The standard InChI is InChI=1S/C12H8F5NS/c1-18-12(5-3-2-4-19-5)6-7(13)9(15)11(17)10(16)8(6)14/h2-4,12,18H,1H3. The average molecular weight is 293 g/mol. The first-order chi connectivity index (χ1) is 8.99. The quantitative estimate of drug-likeness (QED) is 0.516. The molecule has 1 aromatic heterocycles. The van der Waals surface area contributed by atoms with Crippen LogP contribution in [0.4, 0.5) is 22.0 Å². The van der Waals surface area contributed by atoms with E-state index in [1.807, 2.05) is 0 Å². The molecule has 102 valence electrons. The van der Waals surface area contributed by atoms with Gasteiger partial charge in [0.2, 0.25) is 5.82 Å². The summed E-state index contributed by atoms with van der Waals surface area (Å²) in [7, 11) is 1.38. The van der Waals surface area contributed by atoms with Gasteiger partial charge in [-0.2, -0.15) is 0 Å². The van der Waals surface area contributed by atoms with Gasteiger partial charge in [0.15, 0.2) is 23.3 Å². The molecule has 19 heavy (non-hydrogen) atoms.